The summed E-state index contributed by atoms with van der Waals surface area (Å²) in [7, 11) is 1.70. The molecule has 0 radical (unpaired) electrons. The van der Waals surface area contributed by atoms with Crippen LogP contribution in [0.4, 0.5) is 5.82 Å². The van der Waals surface area contributed by atoms with Crippen LogP contribution in [0.5, 0.6) is 5.75 Å². The van der Waals surface area contributed by atoms with Crippen LogP contribution >= 0.6 is 0 Å². The van der Waals surface area contributed by atoms with E-state index in [0.29, 0.717) is 5.92 Å². The number of nitrogens with one attached hydrogen (secondary N) is 1. The van der Waals surface area contributed by atoms with Gasteiger partial charge in [0.05, 0.1) is 12.6 Å². The van der Waals surface area contributed by atoms with E-state index in [1.165, 1.54) is 5.56 Å². The van der Waals surface area contributed by atoms with E-state index >= 15 is 0 Å². The number of hydrogen-bond donors (Lipinski definition) is 1. The van der Waals surface area contributed by atoms with Crippen molar-refractivity contribution in [3.63, 3.8) is 0 Å². The first-order valence-corrected chi connectivity index (χ1v) is 7.30. The van der Waals surface area contributed by atoms with Gasteiger partial charge in [-0.25, -0.2) is 4.98 Å². The third-order valence-corrected chi connectivity index (χ3v) is 3.51. The maximum absolute atomic E-state index is 5.36. The maximum Gasteiger partial charge on any atom is 0.130 e. The number of aryl methyl sites for hydroxylation is 1. The van der Waals surface area contributed by atoms with Crippen LogP contribution in [0, 0.1) is 6.92 Å². The van der Waals surface area contributed by atoms with E-state index in [1.807, 2.05) is 6.07 Å². The van der Waals surface area contributed by atoms with Crippen LogP contribution < -0.4 is 10.1 Å². The largest absolute Gasteiger partial charge is 0.497 e. The second-order valence-electron chi connectivity index (χ2n) is 5.52. The van der Waals surface area contributed by atoms with Gasteiger partial charge in [-0.3, -0.25) is 0 Å². The molecule has 1 heterocycles. The van der Waals surface area contributed by atoms with Crippen LogP contribution in [0.3, 0.4) is 0 Å². The van der Waals surface area contributed by atoms with Crippen molar-refractivity contribution in [3.05, 3.63) is 29.3 Å². The molecule has 2 rings (SSSR count). The van der Waals surface area contributed by atoms with Crippen molar-refractivity contribution in [2.24, 2.45) is 0 Å². The van der Waals surface area contributed by atoms with E-state index < -0.39 is 0 Å². The molecule has 2 aromatic rings. The lowest BCUT2D eigenvalue weighted by atomic mass is 10.00. The van der Waals surface area contributed by atoms with Crippen molar-refractivity contribution < 1.29 is 4.74 Å². The van der Waals surface area contributed by atoms with Crippen LogP contribution in [-0.4, -0.2) is 18.6 Å². The third-order valence-electron chi connectivity index (χ3n) is 3.51. The minimum atomic E-state index is 0.442. The molecule has 108 valence electrons. The topological polar surface area (TPSA) is 34.2 Å². The lowest BCUT2D eigenvalue weighted by Gasteiger charge is -2.16. The number of nitrogens with zero attached hydrogens (tertiary/aromatic N) is 1. The van der Waals surface area contributed by atoms with E-state index in [4.69, 9.17) is 9.72 Å². The molecule has 0 unspecified atom stereocenters. The molecular formula is C17H24N2O. The highest BCUT2D eigenvalue weighted by Gasteiger charge is 2.12. The zero-order chi connectivity index (χ0) is 14.7. The van der Waals surface area contributed by atoms with E-state index in [9.17, 15) is 0 Å². The van der Waals surface area contributed by atoms with Crippen molar-refractivity contribution in [2.45, 2.75) is 40.0 Å². The smallest absolute Gasteiger partial charge is 0.130 e. The fourth-order valence-corrected chi connectivity index (χ4v) is 2.39. The van der Waals surface area contributed by atoms with Gasteiger partial charge in [0.1, 0.15) is 11.6 Å². The SMILES string of the molecule is CCCNc1nc2c(C)cc(OC)cc2cc1C(C)C. The Morgan fingerprint density at radius 2 is 2.00 bits per heavy atom. The molecule has 1 N–H and O–H groups in total. The Bertz CT molecular complexity index is 605. The second-order valence-corrected chi connectivity index (χ2v) is 5.52. The molecule has 0 bridgehead atoms. The molecule has 0 aliphatic heterocycles. The number of anilines is 1. The summed E-state index contributed by atoms with van der Waals surface area (Å²) in [5, 5.41) is 4.60. The predicted molar refractivity (Wildman–Crippen MR) is 85.9 cm³/mol. The molecule has 0 saturated heterocycles. The van der Waals surface area contributed by atoms with Crippen LogP contribution in [0.15, 0.2) is 18.2 Å². The monoisotopic (exact) mass is 272 g/mol. The Hall–Kier alpha value is -1.77. The average Bonchev–Trinajstić information content (AvgIpc) is 2.44. The minimum Gasteiger partial charge on any atom is -0.497 e. The Labute approximate surface area is 121 Å². The molecule has 0 fully saturated rings. The number of aromatic nitrogens is 1. The summed E-state index contributed by atoms with van der Waals surface area (Å²) in [6.45, 7) is 9.60. The van der Waals surface area contributed by atoms with Gasteiger partial charge in [0.15, 0.2) is 0 Å². The first-order valence-electron chi connectivity index (χ1n) is 7.30. The first kappa shape index (κ1) is 14.6. The summed E-state index contributed by atoms with van der Waals surface area (Å²) >= 11 is 0. The molecule has 0 spiro atoms. The van der Waals surface area contributed by atoms with Gasteiger partial charge in [-0.2, -0.15) is 0 Å². The minimum absolute atomic E-state index is 0.442. The molecule has 0 amide bonds. The van der Waals surface area contributed by atoms with E-state index in [1.54, 1.807) is 7.11 Å². The highest BCUT2D eigenvalue weighted by molar-refractivity contribution is 5.86. The van der Waals surface area contributed by atoms with Gasteiger partial charge in [-0.15, -0.1) is 0 Å². The van der Waals surface area contributed by atoms with Crippen molar-refractivity contribution in [1.29, 1.82) is 0 Å². The van der Waals surface area contributed by atoms with Gasteiger partial charge in [0, 0.05) is 11.9 Å². The summed E-state index contributed by atoms with van der Waals surface area (Å²) in [6, 6.07) is 6.33. The molecule has 3 nitrogen and oxygen atoms in total. The van der Waals surface area contributed by atoms with Gasteiger partial charge in [0.25, 0.3) is 0 Å². The first-order chi connectivity index (χ1) is 9.56. The zero-order valence-electron chi connectivity index (χ0n) is 13.1. The highest BCUT2D eigenvalue weighted by Crippen LogP contribution is 2.30. The Morgan fingerprint density at radius 1 is 1.25 bits per heavy atom. The number of fused-ring (bicyclic) bond motifs is 1. The number of hydrogen-bond acceptors (Lipinski definition) is 3. The lowest BCUT2D eigenvalue weighted by molar-refractivity contribution is 0.415. The van der Waals surface area contributed by atoms with Gasteiger partial charge in [0.2, 0.25) is 0 Å². The van der Waals surface area contributed by atoms with Gasteiger partial charge in [-0.05, 0) is 48.6 Å². The predicted octanol–water partition coefficient (Wildman–Crippen LogP) is 4.50. The van der Waals surface area contributed by atoms with Crippen molar-refractivity contribution in [3.8, 4) is 5.75 Å². The number of benzene rings is 1. The van der Waals surface area contributed by atoms with Gasteiger partial charge >= 0.3 is 0 Å². The summed E-state index contributed by atoms with van der Waals surface area (Å²) in [5.74, 6) is 2.35. The second kappa shape index (κ2) is 6.12. The zero-order valence-corrected chi connectivity index (χ0v) is 13.1. The molecule has 0 aliphatic carbocycles. The summed E-state index contributed by atoms with van der Waals surface area (Å²) in [5.41, 5.74) is 3.46. The quantitative estimate of drug-likeness (QED) is 0.870. The molecule has 0 aliphatic rings. The summed E-state index contributed by atoms with van der Waals surface area (Å²) in [4.78, 5) is 4.84. The van der Waals surface area contributed by atoms with Crippen molar-refractivity contribution in [2.75, 3.05) is 19.0 Å². The fraction of sp³-hybridized carbons (Fsp3) is 0.471. The van der Waals surface area contributed by atoms with E-state index in [0.717, 1.165) is 41.0 Å². The van der Waals surface area contributed by atoms with Crippen molar-refractivity contribution in [1.82, 2.24) is 4.98 Å². The van der Waals surface area contributed by atoms with E-state index in [2.05, 4.69) is 45.1 Å². The third kappa shape index (κ3) is 2.87. The average molecular weight is 272 g/mol. The molecule has 0 saturated carbocycles. The van der Waals surface area contributed by atoms with Crippen molar-refractivity contribution >= 4 is 16.7 Å². The lowest BCUT2D eigenvalue weighted by Crippen LogP contribution is -2.07. The Kier molecular flexibility index (Phi) is 4.48. The molecule has 0 atom stereocenters. The molecule has 3 heteroatoms. The van der Waals surface area contributed by atoms with Crippen LogP contribution in [-0.2, 0) is 0 Å². The van der Waals surface area contributed by atoms with Crippen LogP contribution in [0.25, 0.3) is 10.9 Å². The van der Waals surface area contributed by atoms with Crippen LogP contribution in [0.1, 0.15) is 44.2 Å². The standard InChI is InChI=1S/C17H24N2O/c1-6-7-18-17-15(11(2)3)10-13-9-14(20-5)8-12(4)16(13)19-17/h8-11H,6-7H2,1-5H3,(H,18,19). The number of methoxy groups -OCH3 is 1. The maximum atomic E-state index is 5.36. The van der Waals surface area contributed by atoms with E-state index in [-0.39, 0.29) is 0 Å². The normalized spacial score (nSPS) is 11.1. The molecular weight excluding hydrogens is 248 g/mol. The number of pyridine rings is 1. The summed E-state index contributed by atoms with van der Waals surface area (Å²) < 4.78 is 5.36. The highest BCUT2D eigenvalue weighted by atomic mass is 16.5. The molecule has 20 heavy (non-hydrogen) atoms. The van der Waals surface area contributed by atoms with Gasteiger partial charge < -0.3 is 10.1 Å². The van der Waals surface area contributed by atoms with Gasteiger partial charge in [-0.1, -0.05) is 20.8 Å². The number of ether oxygens (including phenoxy) is 1. The van der Waals surface area contributed by atoms with Crippen LogP contribution in [0.2, 0.25) is 0 Å². The Morgan fingerprint density at radius 3 is 2.60 bits per heavy atom. The molecule has 1 aromatic heterocycles. The molecule has 1 aromatic carbocycles. The number of rotatable bonds is 5. The Balaban J connectivity index is 2.61. The summed E-state index contributed by atoms with van der Waals surface area (Å²) in [6.07, 6.45) is 1.10. The fourth-order valence-electron chi connectivity index (χ4n) is 2.39.